The number of nitrogens with one attached hydrogen (secondary N) is 1. The van der Waals surface area contributed by atoms with Gasteiger partial charge in [-0.15, -0.1) is 0 Å². The van der Waals surface area contributed by atoms with E-state index in [9.17, 15) is 9.59 Å². The zero-order valence-corrected chi connectivity index (χ0v) is 7.69. The Morgan fingerprint density at radius 2 is 2.36 bits per heavy atom. The van der Waals surface area contributed by atoms with Gasteiger partial charge in [-0.3, -0.25) is 9.63 Å². The van der Waals surface area contributed by atoms with Crippen molar-refractivity contribution in [3.05, 3.63) is 0 Å². The van der Waals surface area contributed by atoms with Gasteiger partial charge in [0.25, 0.3) is 0 Å². The monoisotopic (exact) mass is 203 g/mol. The third-order valence-electron chi connectivity index (χ3n) is 1.90. The van der Waals surface area contributed by atoms with Crippen molar-refractivity contribution in [3.63, 3.8) is 0 Å². The lowest BCUT2D eigenvalue weighted by Crippen LogP contribution is -2.36. The molecule has 1 amide bonds. The highest BCUT2D eigenvalue weighted by molar-refractivity contribution is 5.78. The molecule has 80 valence electrons. The van der Waals surface area contributed by atoms with Crippen LogP contribution in [0.4, 0.5) is 0 Å². The molecule has 0 spiro atoms. The van der Waals surface area contributed by atoms with Gasteiger partial charge in [0.15, 0.2) is 6.61 Å². The summed E-state index contributed by atoms with van der Waals surface area (Å²) in [5.74, 6) is -1.66. The molecular weight excluding hydrogens is 190 g/mol. The van der Waals surface area contributed by atoms with E-state index in [2.05, 4.69) is 10.3 Å². The van der Waals surface area contributed by atoms with Crippen molar-refractivity contribution in [1.29, 1.82) is 0 Å². The highest BCUT2D eigenvalue weighted by Gasteiger charge is 2.21. The van der Waals surface area contributed by atoms with E-state index in [4.69, 9.17) is 9.84 Å². The van der Waals surface area contributed by atoms with E-state index < -0.39 is 12.6 Å². The molecule has 0 bridgehead atoms. The molecule has 1 aliphatic rings. The molecule has 2 N–H and O–H groups in total. The SMILES string of the molecule is O=C(O)CONC(=O)C1CCCOC1. The van der Waals surface area contributed by atoms with Crippen LogP contribution in [0.5, 0.6) is 0 Å². The Bertz CT molecular complexity index is 212. The van der Waals surface area contributed by atoms with Gasteiger partial charge in [-0.05, 0) is 12.8 Å². The molecule has 6 nitrogen and oxygen atoms in total. The van der Waals surface area contributed by atoms with Crippen LogP contribution >= 0.6 is 0 Å². The maximum Gasteiger partial charge on any atom is 0.332 e. The second-order valence-corrected chi connectivity index (χ2v) is 3.06. The number of carboxylic acids is 1. The van der Waals surface area contributed by atoms with E-state index in [0.29, 0.717) is 13.2 Å². The molecule has 0 aliphatic carbocycles. The number of ether oxygens (including phenoxy) is 1. The lowest BCUT2D eigenvalue weighted by atomic mass is 10.0. The molecule has 1 aliphatic heterocycles. The number of hydrogen-bond acceptors (Lipinski definition) is 4. The number of rotatable bonds is 4. The summed E-state index contributed by atoms with van der Waals surface area (Å²) in [6, 6.07) is 0. The quantitative estimate of drug-likeness (QED) is 0.604. The molecule has 1 atom stereocenters. The summed E-state index contributed by atoms with van der Waals surface area (Å²) in [5.41, 5.74) is 2.08. The average Bonchev–Trinajstić information content (AvgIpc) is 2.18. The summed E-state index contributed by atoms with van der Waals surface area (Å²) in [6.07, 6.45) is 1.60. The largest absolute Gasteiger partial charge is 0.479 e. The second-order valence-electron chi connectivity index (χ2n) is 3.06. The fraction of sp³-hybridized carbons (Fsp3) is 0.750. The van der Waals surface area contributed by atoms with Crippen molar-refractivity contribution in [2.75, 3.05) is 19.8 Å². The van der Waals surface area contributed by atoms with Gasteiger partial charge < -0.3 is 9.84 Å². The Hall–Kier alpha value is -1.14. The number of hydroxylamine groups is 1. The maximum atomic E-state index is 11.3. The molecule has 1 saturated heterocycles. The van der Waals surface area contributed by atoms with Crippen molar-refractivity contribution in [1.82, 2.24) is 5.48 Å². The molecule has 1 fully saturated rings. The highest BCUT2D eigenvalue weighted by Crippen LogP contribution is 2.13. The van der Waals surface area contributed by atoms with E-state index in [-0.39, 0.29) is 11.8 Å². The van der Waals surface area contributed by atoms with Gasteiger partial charge in [0, 0.05) is 6.61 Å². The second kappa shape index (κ2) is 5.56. The van der Waals surface area contributed by atoms with Crippen LogP contribution < -0.4 is 5.48 Å². The Kier molecular flexibility index (Phi) is 4.34. The maximum absolute atomic E-state index is 11.3. The Labute approximate surface area is 81.1 Å². The lowest BCUT2D eigenvalue weighted by molar-refractivity contribution is -0.152. The number of carboxylic acid groups (broad SMARTS) is 1. The van der Waals surface area contributed by atoms with Crippen molar-refractivity contribution in [3.8, 4) is 0 Å². The van der Waals surface area contributed by atoms with Gasteiger partial charge in [0.1, 0.15) is 0 Å². The zero-order valence-electron chi connectivity index (χ0n) is 7.69. The fourth-order valence-corrected chi connectivity index (χ4v) is 1.20. The minimum atomic E-state index is -1.12. The van der Waals surface area contributed by atoms with Gasteiger partial charge in [0.2, 0.25) is 5.91 Å². The Balaban J connectivity index is 2.16. The van der Waals surface area contributed by atoms with Crippen molar-refractivity contribution in [2.45, 2.75) is 12.8 Å². The first kappa shape index (κ1) is 10.9. The van der Waals surface area contributed by atoms with Crippen LogP contribution in [-0.4, -0.2) is 36.8 Å². The van der Waals surface area contributed by atoms with E-state index in [1.54, 1.807) is 0 Å². The summed E-state index contributed by atoms with van der Waals surface area (Å²) in [6.45, 7) is 0.529. The summed E-state index contributed by atoms with van der Waals surface area (Å²) in [4.78, 5) is 25.8. The molecule has 0 radical (unpaired) electrons. The van der Waals surface area contributed by atoms with Crippen molar-refractivity contribution >= 4 is 11.9 Å². The molecule has 1 unspecified atom stereocenters. The molecule has 1 heterocycles. The first-order valence-corrected chi connectivity index (χ1v) is 4.41. The van der Waals surface area contributed by atoms with Crippen molar-refractivity contribution in [2.24, 2.45) is 5.92 Å². The first-order chi connectivity index (χ1) is 6.70. The number of carbonyl (C=O) groups excluding carboxylic acids is 1. The molecule has 0 saturated carbocycles. The van der Waals surface area contributed by atoms with Gasteiger partial charge in [-0.25, -0.2) is 10.3 Å². The van der Waals surface area contributed by atoms with Gasteiger partial charge in [0.05, 0.1) is 12.5 Å². The van der Waals surface area contributed by atoms with E-state index >= 15 is 0 Å². The number of aliphatic carboxylic acids is 1. The zero-order chi connectivity index (χ0) is 10.4. The smallest absolute Gasteiger partial charge is 0.332 e. The van der Waals surface area contributed by atoms with Crippen LogP contribution in [0.25, 0.3) is 0 Å². The molecular formula is C8H13NO5. The third kappa shape index (κ3) is 3.71. The summed E-state index contributed by atoms with van der Waals surface area (Å²) in [5, 5.41) is 8.24. The van der Waals surface area contributed by atoms with E-state index in [0.717, 1.165) is 12.8 Å². The van der Waals surface area contributed by atoms with Crippen LogP contribution in [0.3, 0.4) is 0 Å². The first-order valence-electron chi connectivity index (χ1n) is 4.41. The average molecular weight is 203 g/mol. The molecule has 1 rings (SSSR count). The Morgan fingerprint density at radius 1 is 1.57 bits per heavy atom. The third-order valence-corrected chi connectivity index (χ3v) is 1.90. The van der Waals surface area contributed by atoms with Gasteiger partial charge in [-0.1, -0.05) is 0 Å². The molecule has 14 heavy (non-hydrogen) atoms. The lowest BCUT2D eigenvalue weighted by Gasteiger charge is -2.20. The number of amides is 1. The number of carbonyl (C=O) groups is 2. The molecule has 0 aromatic carbocycles. The van der Waals surface area contributed by atoms with E-state index in [1.165, 1.54) is 0 Å². The highest BCUT2D eigenvalue weighted by atomic mass is 16.7. The van der Waals surface area contributed by atoms with Crippen LogP contribution in [0, 0.1) is 5.92 Å². The van der Waals surface area contributed by atoms with Crippen LogP contribution in [0.1, 0.15) is 12.8 Å². The van der Waals surface area contributed by atoms with Crippen LogP contribution in [0.15, 0.2) is 0 Å². The van der Waals surface area contributed by atoms with Gasteiger partial charge in [-0.2, -0.15) is 0 Å². The summed E-state index contributed by atoms with van der Waals surface area (Å²) >= 11 is 0. The van der Waals surface area contributed by atoms with E-state index in [1.807, 2.05) is 0 Å². The fourth-order valence-electron chi connectivity index (χ4n) is 1.20. The Morgan fingerprint density at radius 3 is 2.93 bits per heavy atom. The normalized spacial score (nSPS) is 21.6. The minimum Gasteiger partial charge on any atom is -0.479 e. The van der Waals surface area contributed by atoms with Gasteiger partial charge >= 0.3 is 5.97 Å². The minimum absolute atomic E-state index is 0.224. The summed E-state index contributed by atoms with van der Waals surface area (Å²) in [7, 11) is 0. The predicted octanol–water partition coefficient (Wildman–Crippen LogP) is -0.455. The molecule has 6 heteroatoms. The molecule has 0 aromatic heterocycles. The van der Waals surface area contributed by atoms with Crippen LogP contribution in [-0.2, 0) is 19.2 Å². The van der Waals surface area contributed by atoms with Crippen LogP contribution in [0.2, 0.25) is 0 Å². The molecule has 0 aromatic rings. The summed E-state index contributed by atoms with van der Waals surface area (Å²) < 4.78 is 5.10. The number of hydrogen-bond donors (Lipinski definition) is 2. The standard InChI is InChI=1S/C8H13NO5/c10-7(11)5-14-9-8(12)6-2-1-3-13-4-6/h6H,1-5H2,(H,9,12)(H,10,11). The van der Waals surface area contributed by atoms with Crippen molar-refractivity contribution < 1.29 is 24.3 Å². The topological polar surface area (TPSA) is 84.9 Å². The predicted molar refractivity (Wildman–Crippen MR) is 45.3 cm³/mol.